The van der Waals surface area contributed by atoms with Crippen molar-refractivity contribution in [3.05, 3.63) is 29.8 Å². The SMILES string of the molecule is NC1CCCCC1C(=O)Nc1ccccc1CC(=O)O. The molecule has 0 heterocycles. The molecule has 0 aliphatic heterocycles. The topological polar surface area (TPSA) is 92.4 Å². The van der Waals surface area contributed by atoms with E-state index in [1.54, 1.807) is 24.3 Å². The van der Waals surface area contributed by atoms with E-state index in [4.69, 9.17) is 10.8 Å². The van der Waals surface area contributed by atoms with Gasteiger partial charge in [0.2, 0.25) is 5.91 Å². The van der Waals surface area contributed by atoms with Crippen LogP contribution in [-0.4, -0.2) is 23.0 Å². The Balaban J connectivity index is 2.09. The van der Waals surface area contributed by atoms with Crippen molar-refractivity contribution in [1.29, 1.82) is 0 Å². The summed E-state index contributed by atoms with van der Waals surface area (Å²) in [5.74, 6) is -1.20. The summed E-state index contributed by atoms with van der Waals surface area (Å²) >= 11 is 0. The second kappa shape index (κ2) is 6.52. The molecule has 2 rings (SSSR count). The van der Waals surface area contributed by atoms with Crippen LogP contribution in [0, 0.1) is 5.92 Å². The fraction of sp³-hybridized carbons (Fsp3) is 0.467. The van der Waals surface area contributed by atoms with Crippen molar-refractivity contribution in [3.8, 4) is 0 Å². The van der Waals surface area contributed by atoms with Crippen LogP contribution in [0.25, 0.3) is 0 Å². The van der Waals surface area contributed by atoms with E-state index in [1.165, 1.54) is 0 Å². The van der Waals surface area contributed by atoms with Gasteiger partial charge in [-0.25, -0.2) is 0 Å². The highest BCUT2D eigenvalue weighted by Crippen LogP contribution is 2.25. The van der Waals surface area contributed by atoms with Crippen LogP contribution in [0.5, 0.6) is 0 Å². The highest BCUT2D eigenvalue weighted by molar-refractivity contribution is 5.94. The quantitative estimate of drug-likeness (QED) is 0.781. The van der Waals surface area contributed by atoms with Gasteiger partial charge in [-0.1, -0.05) is 31.0 Å². The molecule has 1 saturated carbocycles. The molecule has 5 nitrogen and oxygen atoms in total. The fourth-order valence-corrected chi connectivity index (χ4v) is 2.67. The minimum atomic E-state index is -0.916. The summed E-state index contributed by atoms with van der Waals surface area (Å²) in [6.07, 6.45) is 3.65. The van der Waals surface area contributed by atoms with E-state index < -0.39 is 5.97 Å². The average molecular weight is 276 g/mol. The summed E-state index contributed by atoms with van der Waals surface area (Å²) in [5, 5.41) is 11.7. The first-order valence-electron chi connectivity index (χ1n) is 6.94. The summed E-state index contributed by atoms with van der Waals surface area (Å²) in [6, 6.07) is 6.88. The lowest BCUT2D eigenvalue weighted by molar-refractivity contribution is -0.136. The van der Waals surface area contributed by atoms with Crippen LogP contribution < -0.4 is 11.1 Å². The van der Waals surface area contributed by atoms with Gasteiger partial charge in [0.25, 0.3) is 0 Å². The lowest BCUT2D eigenvalue weighted by atomic mass is 9.84. The smallest absolute Gasteiger partial charge is 0.307 e. The third-order valence-corrected chi connectivity index (χ3v) is 3.77. The third kappa shape index (κ3) is 3.57. The molecule has 0 aromatic heterocycles. The number of carboxylic acids is 1. The number of nitrogens with one attached hydrogen (secondary N) is 1. The molecule has 5 heteroatoms. The third-order valence-electron chi connectivity index (χ3n) is 3.77. The summed E-state index contributed by atoms with van der Waals surface area (Å²) in [4.78, 5) is 23.1. The average Bonchev–Trinajstić information content (AvgIpc) is 2.41. The van der Waals surface area contributed by atoms with E-state index in [2.05, 4.69) is 5.32 Å². The van der Waals surface area contributed by atoms with E-state index in [1.807, 2.05) is 0 Å². The van der Waals surface area contributed by atoms with Crippen LogP contribution in [0.3, 0.4) is 0 Å². The second-order valence-corrected chi connectivity index (χ2v) is 5.27. The van der Waals surface area contributed by atoms with Crippen LogP contribution in [0.15, 0.2) is 24.3 Å². The number of hydrogen-bond acceptors (Lipinski definition) is 3. The number of benzene rings is 1. The second-order valence-electron chi connectivity index (χ2n) is 5.27. The number of nitrogens with two attached hydrogens (primary N) is 1. The standard InChI is InChI=1S/C15H20N2O3/c16-12-7-3-2-6-11(12)15(20)17-13-8-4-1-5-10(13)9-14(18)19/h1,4-5,8,11-12H,2-3,6-7,9,16H2,(H,17,20)(H,18,19). The molecule has 1 aliphatic rings. The molecule has 1 amide bonds. The van der Waals surface area contributed by atoms with Gasteiger partial charge in [0.15, 0.2) is 0 Å². The molecule has 1 aliphatic carbocycles. The van der Waals surface area contributed by atoms with Crippen molar-refractivity contribution in [2.75, 3.05) is 5.32 Å². The van der Waals surface area contributed by atoms with Crippen LogP contribution in [0.4, 0.5) is 5.69 Å². The summed E-state index contributed by atoms with van der Waals surface area (Å²) in [6.45, 7) is 0. The van der Waals surface area contributed by atoms with Gasteiger partial charge in [-0.05, 0) is 24.5 Å². The van der Waals surface area contributed by atoms with Crippen molar-refractivity contribution in [2.45, 2.75) is 38.1 Å². The predicted octanol–water partition coefficient (Wildman–Crippen LogP) is 1.77. The Hall–Kier alpha value is -1.88. The zero-order chi connectivity index (χ0) is 14.5. The Morgan fingerprint density at radius 1 is 1.25 bits per heavy atom. The van der Waals surface area contributed by atoms with Gasteiger partial charge < -0.3 is 16.2 Å². The molecule has 2 atom stereocenters. The van der Waals surface area contributed by atoms with Gasteiger partial charge in [0.1, 0.15) is 0 Å². The summed E-state index contributed by atoms with van der Waals surface area (Å²) in [7, 11) is 0. The number of aliphatic carboxylic acids is 1. The van der Waals surface area contributed by atoms with Crippen LogP contribution in [-0.2, 0) is 16.0 Å². The number of para-hydroxylation sites is 1. The Kier molecular flexibility index (Phi) is 4.74. The van der Waals surface area contributed by atoms with Gasteiger partial charge in [-0.15, -0.1) is 0 Å². The first-order valence-corrected chi connectivity index (χ1v) is 6.94. The van der Waals surface area contributed by atoms with Crippen molar-refractivity contribution < 1.29 is 14.7 Å². The number of amides is 1. The minimum Gasteiger partial charge on any atom is -0.481 e. The number of rotatable bonds is 4. The van der Waals surface area contributed by atoms with Gasteiger partial charge in [-0.2, -0.15) is 0 Å². The fourth-order valence-electron chi connectivity index (χ4n) is 2.67. The van der Waals surface area contributed by atoms with Crippen molar-refractivity contribution in [1.82, 2.24) is 0 Å². The maximum absolute atomic E-state index is 12.3. The summed E-state index contributed by atoms with van der Waals surface area (Å²) < 4.78 is 0. The zero-order valence-corrected chi connectivity index (χ0v) is 11.3. The molecule has 1 aromatic rings. The molecule has 108 valence electrons. The Labute approximate surface area is 118 Å². The van der Waals surface area contributed by atoms with E-state index >= 15 is 0 Å². The Bertz CT molecular complexity index is 502. The van der Waals surface area contributed by atoms with E-state index in [0.717, 1.165) is 25.7 Å². The van der Waals surface area contributed by atoms with E-state index in [-0.39, 0.29) is 24.3 Å². The number of hydrogen-bond donors (Lipinski definition) is 3. The highest BCUT2D eigenvalue weighted by atomic mass is 16.4. The minimum absolute atomic E-state index is 0.101. The number of carbonyl (C=O) groups excluding carboxylic acids is 1. The zero-order valence-electron chi connectivity index (χ0n) is 11.3. The van der Waals surface area contributed by atoms with E-state index in [9.17, 15) is 9.59 Å². The molecule has 0 radical (unpaired) electrons. The molecule has 20 heavy (non-hydrogen) atoms. The van der Waals surface area contributed by atoms with Crippen LogP contribution >= 0.6 is 0 Å². The molecule has 4 N–H and O–H groups in total. The predicted molar refractivity (Wildman–Crippen MR) is 76.3 cm³/mol. The van der Waals surface area contributed by atoms with E-state index in [0.29, 0.717) is 11.3 Å². The molecule has 1 fully saturated rings. The number of carbonyl (C=O) groups is 2. The van der Waals surface area contributed by atoms with Crippen molar-refractivity contribution in [3.63, 3.8) is 0 Å². The molecular formula is C15H20N2O3. The maximum Gasteiger partial charge on any atom is 0.307 e. The molecular weight excluding hydrogens is 256 g/mol. The normalized spacial score (nSPS) is 22.2. The first-order chi connectivity index (χ1) is 9.58. The number of carboxylic acid groups (broad SMARTS) is 1. The Morgan fingerprint density at radius 3 is 2.65 bits per heavy atom. The van der Waals surface area contributed by atoms with Gasteiger partial charge in [0.05, 0.1) is 12.3 Å². The van der Waals surface area contributed by atoms with Crippen molar-refractivity contribution >= 4 is 17.6 Å². The molecule has 0 bridgehead atoms. The van der Waals surface area contributed by atoms with Gasteiger partial charge in [-0.3, -0.25) is 9.59 Å². The van der Waals surface area contributed by atoms with Crippen molar-refractivity contribution in [2.24, 2.45) is 11.7 Å². The maximum atomic E-state index is 12.3. The lowest BCUT2D eigenvalue weighted by Gasteiger charge is -2.27. The monoisotopic (exact) mass is 276 g/mol. The van der Waals surface area contributed by atoms with Crippen LogP contribution in [0.2, 0.25) is 0 Å². The van der Waals surface area contributed by atoms with Gasteiger partial charge >= 0.3 is 5.97 Å². The highest BCUT2D eigenvalue weighted by Gasteiger charge is 2.28. The molecule has 0 spiro atoms. The lowest BCUT2D eigenvalue weighted by Crippen LogP contribution is -2.40. The number of anilines is 1. The molecule has 2 unspecified atom stereocenters. The molecule has 0 saturated heterocycles. The first kappa shape index (κ1) is 14.5. The Morgan fingerprint density at radius 2 is 1.95 bits per heavy atom. The largest absolute Gasteiger partial charge is 0.481 e. The van der Waals surface area contributed by atoms with Gasteiger partial charge in [0, 0.05) is 11.7 Å². The summed E-state index contributed by atoms with van der Waals surface area (Å²) in [5.41, 5.74) is 7.17. The van der Waals surface area contributed by atoms with Crippen LogP contribution in [0.1, 0.15) is 31.2 Å². The molecule has 1 aromatic carbocycles.